The van der Waals surface area contributed by atoms with E-state index in [9.17, 15) is 5.11 Å². The van der Waals surface area contributed by atoms with Gasteiger partial charge in [-0.25, -0.2) is 4.98 Å². The standard InChI is InChI=1S/C15H15ClN4O/c16-14-7-17-8-15(20-14)19-11(9-21)5-10-6-18-13-4-2-1-3-12(10)13/h1-4,6-8,11,18,21H,5,9H2,(H,19,20)/t11-/m1/s1. The number of rotatable bonds is 5. The highest BCUT2D eigenvalue weighted by atomic mass is 35.5. The smallest absolute Gasteiger partial charge is 0.149 e. The van der Waals surface area contributed by atoms with Crippen molar-refractivity contribution in [2.24, 2.45) is 0 Å². The molecule has 0 aliphatic rings. The Morgan fingerprint density at radius 3 is 2.95 bits per heavy atom. The van der Waals surface area contributed by atoms with Crippen LogP contribution in [0.3, 0.4) is 0 Å². The number of anilines is 1. The number of hydrogen-bond acceptors (Lipinski definition) is 4. The van der Waals surface area contributed by atoms with Crippen molar-refractivity contribution in [3.63, 3.8) is 0 Å². The molecule has 0 amide bonds. The second-order valence-corrected chi connectivity index (χ2v) is 5.20. The summed E-state index contributed by atoms with van der Waals surface area (Å²) >= 11 is 5.81. The molecule has 2 heterocycles. The van der Waals surface area contributed by atoms with Gasteiger partial charge in [0.25, 0.3) is 0 Å². The molecule has 0 saturated carbocycles. The van der Waals surface area contributed by atoms with Crippen LogP contribution >= 0.6 is 11.6 Å². The lowest BCUT2D eigenvalue weighted by atomic mass is 10.1. The van der Waals surface area contributed by atoms with E-state index in [1.807, 2.05) is 24.4 Å². The van der Waals surface area contributed by atoms with Crippen LogP contribution in [0.4, 0.5) is 5.82 Å². The van der Waals surface area contributed by atoms with Crippen LogP contribution in [-0.4, -0.2) is 32.7 Å². The topological polar surface area (TPSA) is 73.8 Å². The molecule has 6 heteroatoms. The predicted octanol–water partition coefficient (Wildman–Crippen LogP) is 2.63. The molecule has 0 saturated heterocycles. The van der Waals surface area contributed by atoms with Gasteiger partial charge < -0.3 is 15.4 Å². The summed E-state index contributed by atoms with van der Waals surface area (Å²) in [5.41, 5.74) is 2.24. The summed E-state index contributed by atoms with van der Waals surface area (Å²) in [5.74, 6) is 0.557. The molecule has 1 atom stereocenters. The Morgan fingerprint density at radius 2 is 2.14 bits per heavy atom. The predicted molar refractivity (Wildman–Crippen MR) is 83.5 cm³/mol. The van der Waals surface area contributed by atoms with Gasteiger partial charge >= 0.3 is 0 Å². The van der Waals surface area contributed by atoms with Crippen LogP contribution in [0.2, 0.25) is 5.15 Å². The molecule has 0 spiro atoms. The van der Waals surface area contributed by atoms with Crippen molar-refractivity contribution in [1.29, 1.82) is 0 Å². The monoisotopic (exact) mass is 302 g/mol. The van der Waals surface area contributed by atoms with E-state index in [1.165, 1.54) is 6.20 Å². The molecule has 3 rings (SSSR count). The van der Waals surface area contributed by atoms with Crippen LogP contribution in [-0.2, 0) is 6.42 Å². The first-order valence-corrected chi connectivity index (χ1v) is 7.04. The highest BCUT2D eigenvalue weighted by Gasteiger charge is 2.12. The molecule has 0 aliphatic carbocycles. The van der Waals surface area contributed by atoms with Crippen molar-refractivity contribution in [2.45, 2.75) is 12.5 Å². The molecule has 0 aliphatic heterocycles. The Kier molecular flexibility index (Phi) is 4.03. The first-order valence-electron chi connectivity index (χ1n) is 6.66. The van der Waals surface area contributed by atoms with Gasteiger partial charge in [0.2, 0.25) is 0 Å². The third-order valence-electron chi connectivity index (χ3n) is 3.32. The normalized spacial score (nSPS) is 12.5. The number of aliphatic hydroxyl groups excluding tert-OH is 1. The minimum atomic E-state index is -0.156. The molecule has 108 valence electrons. The van der Waals surface area contributed by atoms with Crippen molar-refractivity contribution in [3.8, 4) is 0 Å². The number of benzene rings is 1. The second-order valence-electron chi connectivity index (χ2n) is 4.81. The summed E-state index contributed by atoms with van der Waals surface area (Å²) < 4.78 is 0. The maximum Gasteiger partial charge on any atom is 0.149 e. The van der Waals surface area contributed by atoms with Crippen molar-refractivity contribution in [2.75, 3.05) is 11.9 Å². The number of nitrogens with zero attached hydrogens (tertiary/aromatic N) is 2. The molecular formula is C15H15ClN4O. The molecule has 3 N–H and O–H groups in total. The quantitative estimate of drug-likeness (QED) is 0.677. The minimum absolute atomic E-state index is 0.00625. The van der Waals surface area contributed by atoms with Crippen LogP contribution in [0.1, 0.15) is 5.56 Å². The number of aliphatic hydroxyl groups is 1. The third kappa shape index (κ3) is 3.15. The van der Waals surface area contributed by atoms with Crippen molar-refractivity contribution < 1.29 is 5.11 Å². The lowest BCUT2D eigenvalue weighted by Crippen LogP contribution is -2.26. The number of H-pyrrole nitrogens is 1. The van der Waals surface area contributed by atoms with Crippen LogP contribution in [0.5, 0.6) is 0 Å². The first-order chi connectivity index (χ1) is 10.3. The lowest BCUT2D eigenvalue weighted by molar-refractivity contribution is 0.273. The number of halogens is 1. The van der Waals surface area contributed by atoms with E-state index in [4.69, 9.17) is 11.6 Å². The Hall–Kier alpha value is -2.11. The number of hydrogen-bond donors (Lipinski definition) is 3. The number of para-hydroxylation sites is 1. The summed E-state index contributed by atoms with van der Waals surface area (Å²) in [6.07, 6.45) is 5.71. The first kappa shape index (κ1) is 13.9. The molecule has 1 aromatic carbocycles. The van der Waals surface area contributed by atoms with Crippen molar-refractivity contribution in [3.05, 3.63) is 53.6 Å². The van der Waals surface area contributed by atoms with E-state index in [0.29, 0.717) is 17.4 Å². The fraction of sp³-hybridized carbons (Fsp3) is 0.200. The van der Waals surface area contributed by atoms with E-state index >= 15 is 0 Å². The van der Waals surface area contributed by atoms with E-state index in [2.05, 4.69) is 26.3 Å². The molecule has 0 fully saturated rings. The van der Waals surface area contributed by atoms with Crippen molar-refractivity contribution in [1.82, 2.24) is 15.0 Å². The molecule has 0 bridgehead atoms. The maximum atomic E-state index is 9.57. The number of aromatic nitrogens is 3. The van der Waals surface area contributed by atoms with Gasteiger partial charge in [0.1, 0.15) is 11.0 Å². The van der Waals surface area contributed by atoms with Crippen LogP contribution in [0.15, 0.2) is 42.9 Å². The molecule has 21 heavy (non-hydrogen) atoms. The van der Waals surface area contributed by atoms with Gasteiger partial charge in [-0.3, -0.25) is 4.98 Å². The highest BCUT2D eigenvalue weighted by molar-refractivity contribution is 6.29. The molecular weight excluding hydrogens is 288 g/mol. The van der Waals surface area contributed by atoms with Gasteiger partial charge in [-0.05, 0) is 18.1 Å². The molecule has 0 radical (unpaired) electrons. The van der Waals surface area contributed by atoms with Crippen LogP contribution in [0.25, 0.3) is 10.9 Å². The second kappa shape index (κ2) is 6.11. The van der Waals surface area contributed by atoms with Gasteiger partial charge in [0, 0.05) is 17.1 Å². The van der Waals surface area contributed by atoms with Gasteiger partial charge in [-0.1, -0.05) is 29.8 Å². The van der Waals surface area contributed by atoms with Gasteiger partial charge in [-0.2, -0.15) is 0 Å². The molecule has 0 unspecified atom stereocenters. The zero-order chi connectivity index (χ0) is 14.7. The Bertz CT molecular complexity index is 743. The molecule has 5 nitrogen and oxygen atoms in total. The lowest BCUT2D eigenvalue weighted by Gasteiger charge is -2.16. The minimum Gasteiger partial charge on any atom is -0.394 e. The van der Waals surface area contributed by atoms with E-state index in [1.54, 1.807) is 6.20 Å². The third-order valence-corrected chi connectivity index (χ3v) is 3.50. The summed E-state index contributed by atoms with van der Waals surface area (Å²) in [6, 6.07) is 7.93. The number of nitrogens with one attached hydrogen (secondary N) is 2. The SMILES string of the molecule is OC[C@@H](Cc1c[nH]c2ccccc12)Nc1cncc(Cl)n1. The van der Waals surface area contributed by atoms with Gasteiger partial charge in [-0.15, -0.1) is 0 Å². The summed E-state index contributed by atoms with van der Waals surface area (Å²) in [5, 5.41) is 14.2. The van der Waals surface area contributed by atoms with E-state index in [-0.39, 0.29) is 12.6 Å². The maximum absolute atomic E-state index is 9.57. The van der Waals surface area contributed by atoms with E-state index in [0.717, 1.165) is 16.5 Å². The van der Waals surface area contributed by atoms with Crippen LogP contribution < -0.4 is 5.32 Å². The zero-order valence-corrected chi connectivity index (χ0v) is 12.0. The number of aromatic amines is 1. The fourth-order valence-corrected chi connectivity index (χ4v) is 2.50. The fourth-order valence-electron chi connectivity index (χ4n) is 2.35. The van der Waals surface area contributed by atoms with Crippen LogP contribution in [0, 0.1) is 0 Å². The van der Waals surface area contributed by atoms with Crippen molar-refractivity contribution >= 4 is 28.3 Å². The molecule has 3 aromatic rings. The van der Waals surface area contributed by atoms with Gasteiger partial charge in [0.15, 0.2) is 0 Å². The average molecular weight is 303 g/mol. The Labute approximate surface area is 127 Å². The molecule has 2 aromatic heterocycles. The van der Waals surface area contributed by atoms with Gasteiger partial charge in [0.05, 0.1) is 25.0 Å². The average Bonchev–Trinajstić information content (AvgIpc) is 2.90. The Morgan fingerprint density at radius 1 is 1.29 bits per heavy atom. The highest BCUT2D eigenvalue weighted by Crippen LogP contribution is 2.20. The largest absolute Gasteiger partial charge is 0.394 e. The summed E-state index contributed by atoms with van der Waals surface area (Å²) in [7, 11) is 0. The van der Waals surface area contributed by atoms with E-state index < -0.39 is 0 Å². The summed E-state index contributed by atoms with van der Waals surface area (Å²) in [6.45, 7) is -0.00625. The Balaban J connectivity index is 1.78. The number of fused-ring (bicyclic) bond motifs is 1. The zero-order valence-electron chi connectivity index (χ0n) is 11.3. The summed E-state index contributed by atoms with van der Waals surface area (Å²) in [4.78, 5) is 11.3.